The third-order valence-electron chi connectivity index (χ3n) is 2.46. The summed E-state index contributed by atoms with van der Waals surface area (Å²) >= 11 is 3.40. The largest absolute Gasteiger partial charge is 0.508 e. The van der Waals surface area contributed by atoms with Gasteiger partial charge in [-0.05, 0) is 48.4 Å². The van der Waals surface area contributed by atoms with Crippen molar-refractivity contribution in [3.05, 3.63) is 58.1 Å². The lowest BCUT2D eigenvalue weighted by Crippen LogP contribution is -1.95. The van der Waals surface area contributed by atoms with Gasteiger partial charge in [0.05, 0.1) is 0 Å². The molecule has 0 aliphatic rings. The zero-order valence-corrected chi connectivity index (χ0v) is 11.1. The molecule has 2 aromatic rings. The number of hydrogen-bond donors (Lipinski definition) is 1. The summed E-state index contributed by atoms with van der Waals surface area (Å²) in [5, 5.41) is 9.42. The number of aryl methyl sites for hydroxylation is 1. The maximum absolute atomic E-state index is 9.42. The maximum Gasteiger partial charge on any atom is 0.120 e. The van der Waals surface area contributed by atoms with Crippen molar-refractivity contribution in [2.24, 2.45) is 0 Å². The van der Waals surface area contributed by atoms with E-state index in [4.69, 9.17) is 4.74 Å². The number of aromatic hydroxyl groups is 1. The van der Waals surface area contributed by atoms with Gasteiger partial charge in [0.1, 0.15) is 18.1 Å². The van der Waals surface area contributed by atoms with Gasteiger partial charge in [0, 0.05) is 4.47 Å². The molecule has 0 radical (unpaired) electrons. The van der Waals surface area contributed by atoms with Gasteiger partial charge in [-0.3, -0.25) is 0 Å². The Hall–Kier alpha value is -1.48. The highest BCUT2D eigenvalue weighted by Crippen LogP contribution is 2.21. The molecule has 1 N–H and O–H groups in total. The molecule has 0 bridgehead atoms. The Labute approximate surface area is 109 Å². The molecule has 0 saturated carbocycles. The van der Waals surface area contributed by atoms with E-state index >= 15 is 0 Å². The van der Waals surface area contributed by atoms with E-state index in [-0.39, 0.29) is 0 Å². The van der Waals surface area contributed by atoms with E-state index in [0.29, 0.717) is 12.4 Å². The number of hydrogen-bond acceptors (Lipinski definition) is 2. The zero-order valence-electron chi connectivity index (χ0n) is 9.48. The van der Waals surface area contributed by atoms with E-state index < -0.39 is 0 Å². The number of phenols is 1. The Balaban J connectivity index is 2.05. The first-order valence-corrected chi connectivity index (χ1v) is 6.11. The molecule has 0 unspecified atom stereocenters. The molecular formula is C14H13BrO2. The molecule has 0 aliphatic carbocycles. The minimum atomic E-state index is 0.316. The second kappa shape index (κ2) is 5.23. The molecule has 0 aliphatic heterocycles. The molecule has 2 aromatic carbocycles. The quantitative estimate of drug-likeness (QED) is 0.925. The van der Waals surface area contributed by atoms with Gasteiger partial charge in [0.25, 0.3) is 0 Å². The number of halogens is 1. The lowest BCUT2D eigenvalue weighted by Gasteiger charge is -2.08. The van der Waals surface area contributed by atoms with Crippen LogP contribution in [0.2, 0.25) is 0 Å². The molecular weight excluding hydrogens is 280 g/mol. The Morgan fingerprint density at radius 1 is 1.18 bits per heavy atom. The average Bonchev–Trinajstić information content (AvgIpc) is 2.31. The summed E-state index contributed by atoms with van der Waals surface area (Å²) in [5.41, 5.74) is 1.90. The Morgan fingerprint density at radius 2 is 2.00 bits per heavy atom. The predicted molar refractivity (Wildman–Crippen MR) is 71.3 cm³/mol. The number of rotatable bonds is 3. The van der Waals surface area contributed by atoms with Crippen LogP contribution in [-0.2, 0) is 6.61 Å². The molecule has 0 heterocycles. The minimum absolute atomic E-state index is 0.316. The van der Waals surface area contributed by atoms with Gasteiger partial charge < -0.3 is 9.84 Å². The molecule has 0 amide bonds. The topological polar surface area (TPSA) is 29.5 Å². The lowest BCUT2D eigenvalue weighted by atomic mass is 10.1. The Bertz CT molecular complexity index is 523. The van der Waals surface area contributed by atoms with Gasteiger partial charge in [-0.25, -0.2) is 0 Å². The summed E-state index contributed by atoms with van der Waals surface area (Å²) in [7, 11) is 0. The molecule has 2 rings (SSSR count). The van der Waals surface area contributed by atoms with Crippen molar-refractivity contribution in [3.8, 4) is 11.5 Å². The van der Waals surface area contributed by atoms with E-state index in [0.717, 1.165) is 21.3 Å². The SMILES string of the molecule is Cc1cc(COc2cccc(Br)c2)ccc1O. The molecule has 0 aromatic heterocycles. The summed E-state index contributed by atoms with van der Waals surface area (Å²) in [4.78, 5) is 0. The summed E-state index contributed by atoms with van der Waals surface area (Å²) in [6.07, 6.45) is 0. The normalized spacial score (nSPS) is 10.2. The summed E-state index contributed by atoms with van der Waals surface area (Å²) in [5.74, 6) is 1.14. The van der Waals surface area contributed by atoms with Crippen LogP contribution < -0.4 is 4.74 Å². The van der Waals surface area contributed by atoms with E-state index in [1.165, 1.54) is 0 Å². The fraction of sp³-hybridized carbons (Fsp3) is 0.143. The minimum Gasteiger partial charge on any atom is -0.508 e. The monoisotopic (exact) mass is 292 g/mol. The van der Waals surface area contributed by atoms with E-state index in [1.54, 1.807) is 6.07 Å². The first-order chi connectivity index (χ1) is 8.15. The van der Waals surface area contributed by atoms with Crippen molar-refractivity contribution in [2.45, 2.75) is 13.5 Å². The van der Waals surface area contributed by atoms with Crippen LogP contribution in [0.25, 0.3) is 0 Å². The Morgan fingerprint density at radius 3 is 2.71 bits per heavy atom. The van der Waals surface area contributed by atoms with E-state index in [1.807, 2.05) is 43.3 Å². The van der Waals surface area contributed by atoms with Crippen molar-refractivity contribution in [1.82, 2.24) is 0 Å². The van der Waals surface area contributed by atoms with E-state index in [2.05, 4.69) is 15.9 Å². The molecule has 0 atom stereocenters. The van der Waals surface area contributed by atoms with Crippen molar-refractivity contribution >= 4 is 15.9 Å². The van der Waals surface area contributed by atoms with Crippen LogP contribution in [0.4, 0.5) is 0 Å². The summed E-state index contributed by atoms with van der Waals surface area (Å²) < 4.78 is 6.65. The standard InChI is InChI=1S/C14H13BrO2/c1-10-7-11(5-6-14(10)16)9-17-13-4-2-3-12(15)8-13/h2-8,16H,9H2,1H3. The molecule has 0 fully saturated rings. The van der Waals surface area contributed by atoms with Crippen molar-refractivity contribution in [3.63, 3.8) is 0 Å². The highest BCUT2D eigenvalue weighted by molar-refractivity contribution is 9.10. The Kier molecular flexibility index (Phi) is 3.69. The van der Waals surface area contributed by atoms with Crippen molar-refractivity contribution < 1.29 is 9.84 Å². The van der Waals surface area contributed by atoms with Crippen LogP contribution in [0.1, 0.15) is 11.1 Å². The molecule has 3 heteroatoms. The van der Waals surface area contributed by atoms with Crippen LogP contribution in [0.3, 0.4) is 0 Å². The molecule has 0 saturated heterocycles. The third-order valence-corrected chi connectivity index (χ3v) is 2.96. The molecule has 88 valence electrons. The second-order valence-corrected chi connectivity index (χ2v) is 4.78. The fourth-order valence-corrected chi connectivity index (χ4v) is 1.91. The van der Waals surface area contributed by atoms with Gasteiger partial charge in [0.2, 0.25) is 0 Å². The van der Waals surface area contributed by atoms with Crippen LogP contribution in [0, 0.1) is 6.92 Å². The maximum atomic E-state index is 9.42. The van der Waals surface area contributed by atoms with Gasteiger partial charge in [-0.2, -0.15) is 0 Å². The van der Waals surface area contributed by atoms with Crippen LogP contribution >= 0.6 is 15.9 Å². The van der Waals surface area contributed by atoms with Gasteiger partial charge in [0.15, 0.2) is 0 Å². The average molecular weight is 293 g/mol. The lowest BCUT2D eigenvalue weighted by molar-refractivity contribution is 0.305. The first-order valence-electron chi connectivity index (χ1n) is 5.32. The van der Waals surface area contributed by atoms with Crippen LogP contribution in [-0.4, -0.2) is 5.11 Å². The number of phenolic OH excluding ortho intramolecular Hbond substituents is 1. The zero-order chi connectivity index (χ0) is 12.3. The van der Waals surface area contributed by atoms with Gasteiger partial charge >= 0.3 is 0 Å². The van der Waals surface area contributed by atoms with Crippen LogP contribution in [0.15, 0.2) is 46.9 Å². The third kappa shape index (κ3) is 3.24. The van der Waals surface area contributed by atoms with Gasteiger partial charge in [-0.15, -0.1) is 0 Å². The summed E-state index contributed by atoms with van der Waals surface area (Å²) in [6, 6.07) is 13.2. The highest BCUT2D eigenvalue weighted by atomic mass is 79.9. The smallest absolute Gasteiger partial charge is 0.120 e. The fourth-order valence-electron chi connectivity index (χ4n) is 1.53. The number of benzene rings is 2. The van der Waals surface area contributed by atoms with Gasteiger partial charge in [-0.1, -0.05) is 28.1 Å². The van der Waals surface area contributed by atoms with Crippen LogP contribution in [0.5, 0.6) is 11.5 Å². The molecule has 17 heavy (non-hydrogen) atoms. The predicted octanol–water partition coefficient (Wildman–Crippen LogP) is 4.04. The number of ether oxygens (including phenoxy) is 1. The first kappa shape index (κ1) is 12.0. The molecule has 0 spiro atoms. The van der Waals surface area contributed by atoms with Crippen molar-refractivity contribution in [2.75, 3.05) is 0 Å². The van der Waals surface area contributed by atoms with Crippen molar-refractivity contribution in [1.29, 1.82) is 0 Å². The second-order valence-electron chi connectivity index (χ2n) is 3.87. The molecule has 2 nitrogen and oxygen atoms in total. The highest BCUT2D eigenvalue weighted by Gasteiger charge is 2.00. The summed E-state index contributed by atoms with van der Waals surface area (Å²) in [6.45, 7) is 2.37. The van der Waals surface area contributed by atoms with E-state index in [9.17, 15) is 5.11 Å².